The summed E-state index contributed by atoms with van der Waals surface area (Å²) in [6, 6.07) is 5.19. The van der Waals surface area contributed by atoms with E-state index in [1.807, 2.05) is 12.2 Å². The van der Waals surface area contributed by atoms with E-state index in [1.165, 1.54) is 0 Å². The molecule has 0 aromatic heterocycles. The second kappa shape index (κ2) is 10.2. The molecule has 0 aliphatic heterocycles. The topological polar surface area (TPSA) is 9.23 Å². The molecule has 2 aromatic carbocycles. The summed E-state index contributed by atoms with van der Waals surface area (Å²) in [7, 11) is 0. The molecule has 2 aromatic rings. The van der Waals surface area contributed by atoms with E-state index in [0.29, 0.717) is 41.1 Å². The van der Waals surface area contributed by atoms with Crippen LogP contribution in [-0.4, -0.2) is 6.61 Å². The van der Waals surface area contributed by atoms with Gasteiger partial charge in [0.2, 0.25) is 0 Å². The van der Waals surface area contributed by atoms with E-state index in [2.05, 4.69) is 13.2 Å². The number of allylic oxidation sites excluding steroid dienone is 2. The predicted molar refractivity (Wildman–Crippen MR) is 136 cm³/mol. The summed E-state index contributed by atoms with van der Waals surface area (Å²) < 4.78 is 51.6. The van der Waals surface area contributed by atoms with Gasteiger partial charge in [0.1, 0.15) is 0 Å². The van der Waals surface area contributed by atoms with Gasteiger partial charge in [-0.05, 0) is 123 Å². The molecule has 35 heavy (non-hydrogen) atoms. The lowest BCUT2D eigenvalue weighted by Gasteiger charge is -2.32. The molecule has 0 atom stereocenters. The molecule has 5 rings (SSSR count). The monoisotopic (exact) mass is 480 g/mol. The molecule has 4 heteroatoms. The molecule has 0 heterocycles. The van der Waals surface area contributed by atoms with Crippen molar-refractivity contribution in [3.63, 3.8) is 0 Å². The summed E-state index contributed by atoms with van der Waals surface area (Å²) in [5.41, 5.74) is 1.94. The van der Waals surface area contributed by atoms with Gasteiger partial charge in [0.25, 0.3) is 0 Å². The van der Waals surface area contributed by atoms with Gasteiger partial charge in [0.15, 0.2) is 23.2 Å². The molecular formula is C31H35F3O. The normalized spacial score (nSPS) is 25.2. The standard InChI is InChI=1S/C31H35F3O/c1-3-5-6-20-11-13-22(14-12-20)24-17-25-23-15-16-26(30(33)27(23)28(25)31(34)29(24)32)35-18-21-9-7-19(4-2)8-10-21/h3-4,15-17,19-22H,1-2,5-14,18H2. The Morgan fingerprint density at radius 2 is 1.49 bits per heavy atom. The summed E-state index contributed by atoms with van der Waals surface area (Å²) in [5.74, 6) is -0.591. The van der Waals surface area contributed by atoms with Gasteiger partial charge in [0.05, 0.1) is 6.61 Å². The number of benzene rings is 2. The Labute approximate surface area is 207 Å². The molecule has 186 valence electrons. The quantitative estimate of drug-likeness (QED) is 0.292. The Kier molecular flexibility index (Phi) is 7.09. The minimum absolute atomic E-state index is 0.0162. The fourth-order valence-corrected chi connectivity index (χ4v) is 6.39. The van der Waals surface area contributed by atoms with Crippen LogP contribution in [0.1, 0.15) is 75.7 Å². The van der Waals surface area contributed by atoms with Crippen molar-refractivity contribution in [1.82, 2.24) is 0 Å². The SMILES string of the molecule is C=CCCC1CCC(c2cc3c(c(F)c2F)-c2c-3ccc(OCC3CCC(C=C)CC3)c2F)CC1. The summed E-state index contributed by atoms with van der Waals surface area (Å²) in [5, 5.41) is 0. The molecule has 3 aliphatic carbocycles. The third-order valence-electron chi connectivity index (χ3n) is 8.65. The van der Waals surface area contributed by atoms with Crippen LogP contribution in [0.25, 0.3) is 22.3 Å². The van der Waals surface area contributed by atoms with Crippen molar-refractivity contribution in [2.45, 2.75) is 70.1 Å². The van der Waals surface area contributed by atoms with Crippen molar-refractivity contribution >= 4 is 0 Å². The summed E-state index contributed by atoms with van der Waals surface area (Å²) in [6.07, 6.45) is 14.1. The molecule has 0 amide bonds. The summed E-state index contributed by atoms with van der Waals surface area (Å²) >= 11 is 0. The zero-order valence-corrected chi connectivity index (χ0v) is 20.4. The van der Waals surface area contributed by atoms with Crippen LogP contribution in [0, 0.1) is 35.2 Å². The number of fused-ring (bicyclic) bond motifs is 4. The van der Waals surface area contributed by atoms with Crippen LogP contribution in [0.5, 0.6) is 5.75 Å². The van der Waals surface area contributed by atoms with Gasteiger partial charge >= 0.3 is 0 Å². The first kappa shape index (κ1) is 24.2. The molecule has 2 saturated carbocycles. The van der Waals surface area contributed by atoms with Gasteiger partial charge < -0.3 is 4.74 Å². The van der Waals surface area contributed by atoms with Crippen molar-refractivity contribution in [2.24, 2.45) is 17.8 Å². The van der Waals surface area contributed by atoms with Gasteiger partial charge in [-0.2, -0.15) is 0 Å². The van der Waals surface area contributed by atoms with Crippen LogP contribution >= 0.6 is 0 Å². The Balaban J connectivity index is 1.30. The summed E-state index contributed by atoms with van der Waals surface area (Å²) in [4.78, 5) is 0. The first-order chi connectivity index (χ1) is 17.0. The zero-order chi connectivity index (χ0) is 24.5. The van der Waals surface area contributed by atoms with Crippen molar-refractivity contribution < 1.29 is 17.9 Å². The molecule has 3 aliphatic rings. The Bertz CT molecular complexity index is 1100. The summed E-state index contributed by atoms with van der Waals surface area (Å²) in [6.45, 7) is 8.11. The van der Waals surface area contributed by atoms with E-state index in [9.17, 15) is 0 Å². The third kappa shape index (κ3) is 4.57. The van der Waals surface area contributed by atoms with Crippen LogP contribution in [0.3, 0.4) is 0 Å². The van der Waals surface area contributed by atoms with Crippen LogP contribution < -0.4 is 4.74 Å². The Morgan fingerprint density at radius 1 is 0.800 bits per heavy atom. The zero-order valence-electron chi connectivity index (χ0n) is 20.4. The van der Waals surface area contributed by atoms with Crippen molar-refractivity contribution in [2.75, 3.05) is 6.61 Å². The lowest BCUT2D eigenvalue weighted by Crippen LogP contribution is -2.20. The van der Waals surface area contributed by atoms with E-state index in [0.717, 1.165) is 64.2 Å². The molecule has 0 radical (unpaired) electrons. The lowest BCUT2D eigenvalue weighted by molar-refractivity contribution is 0.189. The van der Waals surface area contributed by atoms with Gasteiger partial charge in [0, 0.05) is 11.1 Å². The van der Waals surface area contributed by atoms with Crippen LogP contribution in [0.2, 0.25) is 0 Å². The lowest BCUT2D eigenvalue weighted by atomic mass is 9.73. The second-order valence-electron chi connectivity index (χ2n) is 10.7. The number of hydrogen-bond acceptors (Lipinski definition) is 1. The average Bonchev–Trinajstić information content (AvgIpc) is 2.88. The molecule has 0 bridgehead atoms. The molecule has 2 fully saturated rings. The largest absolute Gasteiger partial charge is 0.490 e. The molecule has 0 saturated heterocycles. The molecule has 0 spiro atoms. The molecule has 1 nitrogen and oxygen atoms in total. The van der Waals surface area contributed by atoms with Gasteiger partial charge in [-0.25, -0.2) is 13.2 Å². The number of hydrogen-bond donors (Lipinski definition) is 0. The van der Waals surface area contributed by atoms with Gasteiger partial charge in [-0.15, -0.1) is 13.2 Å². The maximum atomic E-state index is 15.3. The maximum Gasteiger partial charge on any atom is 0.173 e. The van der Waals surface area contributed by atoms with Gasteiger partial charge in [-0.1, -0.05) is 12.2 Å². The minimum atomic E-state index is -0.919. The highest BCUT2D eigenvalue weighted by Crippen LogP contribution is 2.54. The highest BCUT2D eigenvalue weighted by molar-refractivity contribution is 6.03. The molecule has 0 unspecified atom stereocenters. The Hall–Kier alpha value is -2.49. The molecule has 0 N–H and O–H groups in total. The van der Waals surface area contributed by atoms with Crippen molar-refractivity contribution in [3.8, 4) is 28.0 Å². The molecular weight excluding hydrogens is 445 g/mol. The predicted octanol–water partition coefficient (Wildman–Crippen LogP) is 9.36. The van der Waals surface area contributed by atoms with Crippen LogP contribution in [0.4, 0.5) is 13.2 Å². The first-order valence-electron chi connectivity index (χ1n) is 13.2. The van der Waals surface area contributed by atoms with Crippen molar-refractivity contribution in [1.29, 1.82) is 0 Å². The van der Waals surface area contributed by atoms with Crippen LogP contribution in [0.15, 0.2) is 43.5 Å². The van der Waals surface area contributed by atoms with E-state index < -0.39 is 17.5 Å². The fraction of sp³-hybridized carbons (Fsp3) is 0.484. The van der Waals surface area contributed by atoms with E-state index in [-0.39, 0.29) is 22.8 Å². The van der Waals surface area contributed by atoms with Crippen LogP contribution in [-0.2, 0) is 0 Å². The number of ether oxygens (including phenoxy) is 1. The highest BCUT2D eigenvalue weighted by Gasteiger charge is 2.36. The maximum absolute atomic E-state index is 15.3. The second-order valence-corrected chi connectivity index (χ2v) is 10.7. The third-order valence-corrected chi connectivity index (χ3v) is 8.65. The minimum Gasteiger partial charge on any atom is -0.490 e. The van der Waals surface area contributed by atoms with E-state index in [4.69, 9.17) is 4.74 Å². The fourth-order valence-electron chi connectivity index (χ4n) is 6.39. The average molecular weight is 481 g/mol. The first-order valence-corrected chi connectivity index (χ1v) is 13.2. The van der Waals surface area contributed by atoms with E-state index in [1.54, 1.807) is 18.2 Å². The Morgan fingerprint density at radius 3 is 2.17 bits per heavy atom. The smallest absolute Gasteiger partial charge is 0.173 e. The number of halogens is 3. The van der Waals surface area contributed by atoms with E-state index >= 15 is 13.2 Å². The number of rotatable bonds is 8. The van der Waals surface area contributed by atoms with Gasteiger partial charge in [-0.3, -0.25) is 0 Å². The van der Waals surface area contributed by atoms with Crippen molar-refractivity contribution in [3.05, 3.63) is 66.5 Å². The highest BCUT2D eigenvalue weighted by atomic mass is 19.2.